The zero-order valence-corrected chi connectivity index (χ0v) is 11.6. The standard InChI is InChI=1S/C15H22N2O/c1-14(2)6-5-11(16)7-10(8-14)13-15(3,4)9-12(18)17-13/h5-8,13H,9,16H2,1-4H3,(H,17,18). The van der Waals surface area contributed by atoms with Crippen LogP contribution in [-0.4, -0.2) is 11.9 Å². The largest absolute Gasteiger partial charge is 0.399 e. The molecule has 0 aromatic heterocycles. The highest BCUT2D eigenvalue weighted by atomic mass is 16.2. The van der Waals surface area contributed by atoms with E-state index in [1.807, 2.05) is 12.2 Å². The van der Waals surface area contributed by atoms with Crippen molar-refractivity contribution in [1.82, 2.24) is 5.32 Å². The van der Waals surface area contributed by atoms with Gasteiger partial charge in [0.25, 0.3) is 0 Å². The monoisotopic (exact) mass is 246 g/mol. The number of hydrogen-bond donors (Lipinski definition) is 2. The lowest BCUT2D eigenvalue weighted by Crippen LogP contribution is -2.35. The van der Waals surface area contributed by atoms with Crippen molar-refractivity contribution in [3.63, 3.8) is 0 Å². The van der Waals surface area contributed by atoms with Gasteiger partial charge in [-0.1, -0.05) is 39.8 Å². The molecule has 98 valence electrons. The fraction of sp³-hybridized carbons (Fsp3) is 0.533. The third-order valence-corrected chi connectivity index (χ3v) is 3.61. The molecule has 0 radical (unpaired) electrons. The molecular weight excluding hydrogens is 224 g/mol. The van der Waals surface area contributed by atoms with Crippen LogP contribution in [0, 0.1) is 10.8 Å². The minimum Gasteiger partial charge on any atom is -0.399 e. The van der Waals surface area contributed by atoms with Gasteiger partial charge in [0.2, 0.25) is 5.91 Å². The molecular formula is C15H22N2O. The number of nitrogens with one attached hydrogen (secondary N) is 1. The van der Waals surface area contributed by atoms with Crippen LogP contribution in [0.25, 0.3) is 0 Å². The van der Waals surface area contributed by atoms with Crippen LogP contribution in [0.1, 0.15) is 34.1 Å². The minimum atomic E-state index is -0.0693. The van der Waals surface area contributed by atoms with Crippen molar-refractivity contribution in [2.45, 2.75) is 40.2 Å². The topological polar surface area (TPSA) is 55.1 Å². The molecule has 2 aliphatic rings. The molecule has 1 heterocycles. The molecule has 0 spiro atoms. The van der Waals surface area contributed by atoms with Gasteiger partial charge in [0.05, 0.1) is 6.04 Å². The van der Waals surface area contributed by atoms with E-state index in [0.29, 0.717) is 6.42 Å². The highest BCUT2D eigenvalue weighted by Crippen LogP contribution is 2.37. The van der Waals surface area contributed by atoms with Crippen molar-refractivity contribution in [3.05, 3.63) is 35.6 Å². The van der Waals surface area contributed by atoms with Gasteiger partial charge in [-0.2, -0.15) is 0 Å². The Labute approximate surface area is 109 Å². The molecule has 1 saturated heterocycles. The van der Waals surface area contributed by atoms with Gasteiger partial charge >= 0.3 is 0 Å². The highest BCUT2D eigenvalue weighted by molar-refractivity contribution is 5.81. The SMILES string of the molecule is CC1(C)C=CC(N)=CC(C2NC(=O)CC2(C)C)=C1. The quantitative estimate of drug-likeness (QED) is 0.745. The maximum atomic E-state index is 11.6. The second kappa shape index (κ2) is 4.01. The third kappa shape index (κ3) is 2.50. The molecule has 0 aromatic carbocycles. The van der Waals surface area contributed by atoms with Gasteiger partial charge in [-0.25, -0.2) is 0 Å². The van der Waals surface area contributed by atoms with Crippen molar-refractivity contribution in [2.75, 3.05) is 0 Å². The van der Waals surface area contributed by atoms with Crippen molar-refractivity contribution in [2.24, 2.45) is 16.6 Å². The van der Waals surface area contributed by atoms with E-state index in [-0.39, 0.29) is 22.8 Å². The Morgan fingerprint density at radius 2 is 2.00 bits per heavy atom. The molecule has 1 aliphatic heterocycles. The number of allylic oxidation sites excluding steroid dienone is 3. The van der Waals surface area contributed by atoms with E-state index in [9.17, 15) is 4.79 Å². The Balaban J connectivity index is 2.41. The van der Waals surface area contributed by atoms with E-state index in [1.54, 1.807) is 0 Å². The first-order valence-corrected chi connectivity index (χ1v) is 6.38. The van der Waals surface area contributed by atoms with Crippen LogP contribution in [-0.2, 0) is 4.79 Å². The van der Waals surface area contributed by atoms with Gasteiger partial charge in [0.1, 0.15) is 0 Å². The van der Waals surface area contributed by atoms with Crippen LogP contribution in [0.2, 0.25) is 0 Å². The van der Waals surface area contributed by atoms with Crippen LogP contribution in [0.5, 0.6) is 0 Å². The number of carbonyl (C=O) groups excluding carboxylic acids is 1. The van der Waals surface area contributed by atoms with E-state index in [4.69, 9.17) is 5.73 Å². The molecule has 18 heavy (non-hydrogen) atoms. The summed E-state index contributed by atoms with van der Waals surface area (Å²) in [6, 6.07) is 0.0442. The van der Waals surface area contributed by atoms with Crippen molar-refractivity contribution in [1.29, 1.82) is 0 Å². The summed E-state index contributed by atoms with van der Waals surface area (Å²) < 4.78 is 0. The normalized spacial score (nSPS) is 29.3. The Morgan fingerprint density at radius 1 is 1.33 bits per heavy atom. The second-order valence-corrected chi connectivity index (χ2v) is 6.61. The summed E-state index contributed by atoms with van der Waals surface area (Å²) in [5.74, 6) is 0.118. The van der Waals surface area contributed by atoms with Crippen LogP contribution in [0.4, 0.5) is 0 Å². The Hall–Kier alpha value is -1.51. The van der Waals surface area contributed by atoms with Crippen molar-refractivity contribution in [3.8, 4) is 0 Å². The van der Waals surface area contributed by atoms with E-state index >= 15 is 0 Å². The summed E-state index contributed by atoms with van der Waals surface area (Å²) in [7, 11) is 0. The molecule has 1 unspecified atom stereocenters. The summed E-state index contributed by atoms with van der Waals surface area (Å²) in [4.78, 5) is 11.6. The van der Waals surface area contributed by atoms with Crippen LogP contribution < -0.4 is 11.1 Å². The van der Waals surface area contributed by atoms with Crippen molar-refractivity contribution < 1.29 is 4.79 Å². The molecule has 0 saturated carbocycles. The zero-order chi connectivity index (χ0) is 13.6. The molecule has 1 amide bonds. The third-order valence-electron chi connectivity index (χ3n) is 3.61. The van der Waals surface area contributed by atoms with Gasteiger partial charge in [0, 0.05) is 17.5 Å². The lowest BCUT2D eigenvalue weighted by atomic mass is 9.79. The summed E-state index contributed by atoms with van der Waals surface area (Å²) >= 11 is 0. The smallest absolute Gasteiger partial charge is 0.221 e. The summed E-state index contributed by atoms with van der Waals surface area (Å²) in [5.41, 5.74) is 7.69. The number of nitrogens with two attached hydrogens (primary N) is 1. The lowest BCUT2D eigenvalue weighted by molar-refractivity contribution is -0.119. The Morgan fingerprint density at radius 3 is 2.56 bits per heavy atom. The molecule has 0 aromatic rings. The number of hydrogen-bond acceptors (Lipinski definition) is 2. The average molecular weight is 246 g/mol. The van der Waals surface area contributed by atoms with Crippen LogP contribution in [0.3, 0.4) is 0 Å². The predicted octanol–water partition coefficient (Wildman–Crippen LogP) is 2.27. The number of carbonyl (C=O) groups is 1. The summed E-state index contributed by atoms with van der Waals surface area (Å²) in [5, 5.41) is 3.06. The second-order valence-electron chi connectivity index (χ2n) is 6.61. The maximum Gasteiger partial charge on any atom is 0.221 e. The van der Waals surface area contributed by atoms with E-state index in [2.05, 4.69) is 45.2 Å². The Bertz CT molecular complexity index is 467. The lowest BCUT2D eigenvalue weighted by Gasteiger charge is -2.28. The zero-order valence-electron chi connectivity index (χ0n) is 11.6. The number of rotatable bonds is 1. The van der Waals surface area contributed by atoms with Gasteiger partial charge in [0.15, 0.2) is 0 Å². The maximum absolute atomic E-state index is 11.6. The van der Waals surface area contributed by atoms with Gasteiger partial charge in [-0.15, -0.1) is 0 Å². The van der Waals surface area contributed by atoms with E-state index in [0.717, 1.165) is 11.3 Å². The predicted molar refractivity (Wildman–Crippen MR) is 73.6 cm³/mol. The van der Waals surface area contributed by atoms with Gasteiger partial charge in [-0.05, 0) is 23.1 Å². The molecule has 3 heteroatoms. The highest BCUT2D eigenvalue weighted by Gasteiger charge is 2.41. The molecule has 0 bridgehead atoms. The molecule has 1 fully saturated rings. The molecule has 3 nitrogen and oxygen atoms in total. The minimum absolute atomic E-state index is 0.0442. The number of amides is 1. The van der Waals surface area contributed by atoms with Gasteiger partial charge < -0.3 is 11.1 Å². The molecule has 3 N–H and O–H groups in total. The summed E-state index contributed by atoms with van der Waals surface area (Å²) in [6.45, 7) is 8.51. The molecule has 2 rings (SSSR count). The fourth-order valence-corrected chi connectivity index (χ4v) is 2.70. The first kappa shape index (κ1) is 12.9. The molecule has 1 aliphatic carbocycles. The molecule has 1 atom stereocenters. The van der Waals surface area contributed by atoms with Crippen LogP contribution >= 0.6 is 0 Å². The van der Waals surface area contributed by atoms with Crippen LogP contribution in [0.15, 0.2) is 35.6 Å². The fourth-order valence-electron chi connectivity index (χ4n) is 2.70. The first-order valence-electron chi connectivity index (χ1n) is 6.38. The Kier molecular flexibility index (Phi) is 2.88. The average Bonchev–Trinajstić information content (AvgIpc) is 2.39. The first-order chi connectivity index (χ1) is 8.20. The van der Waals surface area contributed by atoms with E-state index in [1.165, 1.54) is 0 Å². The summed E-state index contributed by atoms with van der Waals surface area (Å²) in [6.07, 6.45) is 8.77. The van der Waals surface area contributed by atoms with E-state index < -0.39 is 0 Å². The van der Waals surface area contributed by atoms with Gasteiger partial charge in [-0.3, -0.25) is 4.79 Å². The van der Waals surface area contributed by atoms with Crippen molar-refractivity contribution >= 4 is 5.91 Å².